The van der Waals surface area contributed by atoms with Gasteiger partial charge in [-0.3, -0.25) is 15.2 Å². The van der Waals surface area contributed by atoms with Crippen molar-refractivity contribution in [3.63, 3.8) is 0 Å². The van der Waals surface area contributed by atoms with Gasteiger partial charge in [-0.1, -0.05) is 39.8 Å². The summed E-state index contributed by atoms with van der Waals surface area (Å²) in [6, 6.07) is 12.1. The van der Waals surface area contributed by atoms with Gasteiger partial charge in [0.25, 0.3) is 0 Å². The first-order chi connectivity index (χ1) is 19.2. The van der Waals surface area contributed by atoms with E-state index in [4.69, 9.17) is 10.4 Å². The lowest BCUT2D eigenvalue weighted by Crippen LogP contribution is -2.48. The van der Waals surface area contributed by atoms with Crippen LogP contribution in [0.4, 0.5) is 30.2 Å². The van der Waals surface area contributed by atoms with Crippen LogP contribution in [-0.2, 0) is 16.4 Å². The summed E-state index contributed by atoms with van der Waals surface area (Å²) >= 11 is 0. The molecule has 2 aliphatic rings. The Bertz CT molecular complexity index is 1180. The number of nitrogens with zero attached hydrogens (tertiary/aromatic N) is 2. The molecule has 1 saturated carbocycles. The molecular weight excluding hydrogens is 533 g/mol. The largest absolute Gasteiger partial charge is 0.418 e. The molecule has 7 nitrogen and oxygen atoms in total. The molecule has 1 aliphatic carbocycles. The highest BCUT2D eigenvalue weighted by Gasteiger charge is 2.38. The molecule has 0 radical (unpaired) electrons. The van der Waals surface area contributed by atoms with Crippen LogP contribution in [0.3, 0.4) is 0 Å². The zero-order chi connectivity index (χ0) is 30.0. The van der Waals surface area contributed by atoms with Gasteiger partial charge >= 0.3 is 6.18 Å². The van der Waals surface area contributed by atoms with Gasteiger partial charge in [0, 0.05) is 42.5 Å². The summed E-state index contributed by atoms with van der Waals surface area (Å²) < 4.78 is 40.1. The Kier molecular flexibility index (Phi) is 9.13. The zero-order valence-corrected chi connectivity index (χ0v) is 24.4. The van der Waals surface area contributed by atoms with Crippen LogP contribution in [0.1, 0.15) is 77.3 Å². The number of carbonyl (C=O) groups excluding carboxylic acids is 1. The summed E-state index contributed by atoms with van der Waals surface area (Å²) in [6.45, 7) is 10.9. The molecule has 0 aromatic heterocycles. The zero-order valence-electron chi connectivity index (χ0n) is 24.4. The predicted octanol–water partition coefficient (Wildman–Crippen LogP) is 6.98. The minimum atomic E-state index is -4.72. The molecule has 2 aromatic carbocycles. The van der Waals surface area contributed by atoms with Crippen molar-refractivity contribution in [3.8, 4) is 0 Å². The molecule has 2 aromatic rings. The van der Waals surface area contributed by atoms with Crippen molar-refractivity contribution in [2.75, 3.05) is 35.1 Å². The number of nitrogens with one attached hydrogen (secondary N) is 2. The molecule has 4 rings (SSSR count). The molecule has 2 fully saturated rings. The summed E-state index contributed by atoms with van der Waals surface area (Å²) in [6.07, 6.45) is 0.124. The van der Waals surface area contributed by atoms with Crippen LogP contribution in [-0.4, -0.2) is 42.0 Å². The fourth-order valence-electron chi connectivity index (χ4n) is 5.88. The Hall–Kier alpha value is -2.98. The Labute approximate surface area is 240 Å². The molecule has 0 unspecified atom stereocenters. The van der Waals surface area contributed by atoms with Crippen molar-refractivity contribution >= 4 is 23.0 Å². The van der Waals surface area contributed by atoms with Gasteiger partial charge in [0.05, 0.1) is 5.56 Å². The number of alkyl halides is 3. The number of hydrogen-bond donors (Lipinski definition) is 4. The number of rotatable bonds is 7. The van der Waals surface area contributed by atoms with E-state index < -0.39 is 28.1 Å². The van der Waals surface area contributed by atoms with Crippen LogP contribution in [0.5, 0.6) is 0 Å². The molecule has 1 amide bonds. The standard InChI is InChI=1S/C31H43F3N4O3/c1-29(2,3)22-7-12-25(13-8-22)37-17-15-30(4,16-18-37)28(39)35-20-21-5-9-23(10-6-21)36-24-11-14-27(38(40)41)26(19-24)31(32,33)34/h7-8,11-14,19,21,23,36,40-41H,5-6,9-10,15-18,20H2,1-4H3,(H,35,39). The SMILES string of the molecule is CC1(C(=O)NCC2CCC(Nc3ccc(N(O)O)c(C(F)(F)F)c3)CC2)CCN(c2ccc(C(C)(C)C)cc2)CC1. The monoisotopic (exact) mass is 576 g/mol. The lowest BCUT2D eigenvalue weighted by atomic mass is 9.79. The van der Waals surface area contributed by atoms with Crippen LogP contribution in [0.15, 0.2) is 42.5 Å². The van der Waals surface area contributed by atoms with Crippen LogP contribution in [0.2, 0.25) is 0 Å². The van der Waals surface area contributed by atoms with Gasteiger partial charge in [0.2, 0.25) is 5.91 Å². The molecule has 226 valence electrons. The van der Waals surface area contributed by atoms with Crippen molar-refractivity contribution in [1.29, 1.82) is 0 Å². The second kappa shape index (κ2) is 12.1. The highest BCUT2D eigenvalue weighted by molar-refractivity contribution is 5.82. The first kappa shape index (κ1) is 31.0. The Balaban J connectivity index is 1.22. The fraction of sp³-hybridized carbons (Fsp3) is 0.581. The van der Waals surface area contributed by atoms with E-state index in [-0.39, 0.29) is 23.1 Å². The summed E-state index contributed by atoms with van der Waals surface area (Å²) in [5.41, 5.74) is 0.646. The van der Waals surface area contributed by atoms with Gasteiger partial charge in [0.1, 0.15) is 5.69 Å². The Morgan fingerprint density at radius 3 is 2.15 bits per heavy atom. The lowest BCUT2D eigenvalue weighted by Gasteiger charge is -2.40. The molecule has 1 aliphatic heterocycles. The molecule has 1 saturated heterocycles. The minimum Gasteiger partial charge on any atom is -0.382 e. The predicted molar refractivity (Wildman–Crippen MR) is 155 cm³/mol. The van der Waals surface area contributed by atoms with Gasteiger partial charge in [-0.05, 0) is 85.8 Å². The second-order valence-corrected chi connectivity index (χ2v) is 12.9. The van der Waals surface area contributed by atoms with Crippen molar-refractivity contribution in [2.45, 2.75) is 83.9 Å². The number of benzene rings is 2. The van der Waals surface area contributed by atoms with Gasteiger partial charge in [-0.2, -0.15) is 13.2 Å². The first-order valence-electron chi connectivity index (χ1n) is 14.5. The Morgan fingerprint density at radius 1 is 1.00 bits per heavy atom. The molecule has 0 bridgehead atoms. The first-order valence-corrected chi connectivity index (χ1v) is 14.5. The van der Waals surface area contributed by atoms with E-state index in [1.165, 1.54) is 17.3 Å². The van der Waals surface area contributed by atoms with E-state index in [1.54, 1.807) is 0 Å². The van der Waals surface area contributed by atoms with E-state index in [2.05, 4.69) is 67.5 Å². The third kappa shape index (κ3) is 7.65. The number of halogens is 3. The molecule has 4 N–H and O–H groups in total. The molecule has 1 heterocycles. The average Bonchev–Trinajstić information content (AvgIpc) is 2.92. The van der Waals surface area contributed by atoms with E-state index in [0.29, 0.717) is 12.5 Å². The summed E-state index contributed by atoms with van der Waals surface area (Å²) in [5, 5.41) is 24.1. The number of amides is 1. The van der Waals surface area contributed by atoms with Crippen molar-refractivity contribution in [3.05, 3.63) is 53.6 Å². The van der Waals surface area contributed by atoms with Gasteiger partial charge < -0.3 is 15.5 Å². The van der Waals surface area contributed by atoms with Gasteiger partial charge in [-0.25, -0.2) is 0 Å². The quantitative estimate of drug-likeness (QED) is 0.266. The third-order valence-corrected chi connectivity index (χ3v) is 8.80. The maximum absolute atomic E-state index is 13.4. The van der Waals surface area contributed by atoms with Gasteiger partial charge in [0.15, 0.2) is 0 Å². The smallest absolute Gasteiger partial charge is 0.382 e. The van der Waals surface area contributed by atoms with Crippen LogP contribution < -0.4 is 20.8 Å². The maximum Gasteiger partial charge on any atom is 0.418 e. The van der Waals surface area contributed by atoms with E-state index >= 15 is 0 Å². The number of hydrogen-bond acceptors (Lipinski definition) is 6. The number of anilines is 3. The van der Waals surface area contributed by atoms with Crippen molar-refractivity contribution in [1.82, 2.24) is 5.32 Å². The van der Waals surface area contributed by atoms with Crippen LogP contribution in [0, 0.1) is 11.3 Å². The minimum absolute atomic E-state index is 0.00699. The third-order valence-electron chi connectivity index (χ3n) is 8.80. The van der Waals surface area contributed by atoms with Crippen molar-refractivity contribution < 1.29 is 28.4 Å². The summed E-state index contributed by atoms with van der Waals surface area (Å²) in [4.78, 5) is 15.5. The lowest BCUT2D eigenvalue weighted by molar-refractivity contribution is -0.138. The second-order valence-electron chi connectivity index (χ2n) is 12.9. The normalized spacial score (nSPS) is 21.3. The molecular formula is C31H43F3N4O3. The molecule has 0 atom stereocenters. The summed E-state index contributed by atoms with van der Waals surface area (Å²) in [5.74, 6) is 0.425. The fourth-order valence-corrected chi connectivity index (χ4v) is 5.88. The average molecular weight is 577 g/mol. The highest BCUT2D eigenvalue weighted by atomic mass is 19.4. The van der Waals surface area contributed by atoms with Crippen LogP contribution >= 0.6 is 0 Å². The molecule has 41 heavy (non-hydrogen) atoms. The Morgan fingerprint density at radius 2 is 1.61 bits per heavy atom. The number of piperidine rings is 1. The van der Waals surface area contributed by atoms with Crippen LogP contribution in [0.25, 0.3) is 0 Å². The van der Waals surface area contributed by atoms with Gasteiger partial charge in [-0.15, -0.1) is 5.23 Å². The maximum atomic E-state index is 13.4. The summed E-state index contributed by atoms with van der Waals surface area (Å²) in [7, 11) is 0. The van der Waals surface area contributed by atoms with Crippen molar-refractivity contribution in [2.24, 2.45) is 11.3 Å². The van der Waals surface area contributed by atoms with E-state index in [9.17, 15) is 18.0 Å². The van der Waals surface area contributed by atoms with E-state index in [1.807, 2.05) is 0 Å². The highest BCUT2D eigenvalue weighted by Crippen LogP contribution is 2.39. The molecule has 10 heteroatoms. The van der Waals surface area contributed by atoms with E-state index in [0.717, 1.165) is 63.7 Å². The topological polar surface area (TPSA) is 88.1 Å². The number of carbonyl (C=O) groups is 1. The molecule has 0 spiro atoms.